The van der Waals surface area contributed by atoms with E-state index in [-0.39, 0.29) is 5.41 Å². The van der Waals surface area contributed by atoms with Gasteiger partial charge in [0.1, 0.15) is 5.82 Å². The number of hydrogen-bond donors (Lipinski definition) is 2. The number of rotatable bonds is 5. The van der Waals surface area contributed by atoms with E-state index in [1.54, 1.807) is 0 Å². The first-order chi connectivity index (χ1) is 12.2. The van der Waals surface area contributed by atoms with Gasteiger partial charge in [-0.05, 0) is 75.2 Å². The third kappa shape index (κ3) is 3.01. The maximum absolute atomic E-state index is 13.1. The summed E-state index contributed by atoms with van der Waals surface area (Å²) < 4.78 is 0. The van der Waals surface area contributed by atoms with Crippen LogP contribution in [0.4, 0.5) is 0 Å². The van der Waals surface area contributed by atoms with Gasteiger partial charge in [-0.2, -0.15) is 0 Å². The standard InChI is InChI=1S/C20H30N4O/c25-19(20-8-15-5-16(9-20)7-17(6-15)10-20)23-11-14-1-4-24(12-14)13-18-21-2-3-22-18/h2-3,14-17H,1,4-13H2,(H,21,22)(H,23,25). The SMILES string of the molecule is O=C(NCC1CCN(Cc2ncc[nH]2)C1)C12CC3CC(CC(C3)C1)C2. The van der Waals surface area contributed by atoms with Crippen molar-refractivity contribution in [1.29, 1.82) is 0 Å². The molecule has 1 aromatic heterocycles. The Morgan fingerprint density at radius 3 is 2.60 bits per heavy atom. The molecule has 4 aliphatic carbocycles. The number of likely N-dealkylation sites (tertiary alicyclic amines) is 1. The van der Waals surface area contributed by atoms with Crippen LogP contribution in [0.15, 0.2) is 12.4 Å². The number of aromatic amines is 1. The molecule has 1 unspecified atom stereocenters. The van der Waals surface area contributed by atoms with E-state index >= 15 is 0 Å². The predicted molar refractivity (Wildman–Crippen MR) is 95.6 cm³/mol. The summed E-state index contributed by atoms with van der Waals surface area (Å²) in [7, 11) is 0. The number of nitrogens with zero attached hydrogens (tertiary/aromatic N) is 2. The number of carbonyl (C=O) groups is 1. The van der Waals surface area contributed by atoms with Crippen molar-refractivity contribution in [3.63, 3.8) is 0 Å². The Bertz CT molecular complexity index is 590. The fraction of sp³-hybridized carbons (Fsp3) is 0.800. The van der Waals surface area contributed by atoms with Crippen LogP contribution in [0.3, 0.4) is 0 Å². The highest BCUT2D eigenvalue weighted by atomic mass is 16.2. The molecular formula is C20H30N4O. The Hall–Kier alpha value is -1.36. The quantitative estimate of drug-likeness (QED) is 0.864. The normalized spacial score (nSPS) is 39.8. The van der Waals surface area contributed by atoms with Gasteiger partial charge in [0.25, 0.3) is 0 Å². The second-order valence-corrected chi connectivity index (χ2v) is 9.33. The summed E-state index contributed by atoms with van der Waals surface area (Å²) in [5.74, 6) is 4.54. The van der Waals surface area contributed by atoms with Crippen LogP contribution < -0.4 is 5.32 Å². The number of hydrogen-bond acceptors (Lipinski definition) is 3. The fourth-order valence-electron chi connectivity index (χ4n) is 6.63. The summed E-state index contributed by atoms with van der Waals surface area (Å²) >= 11 is 0. The Kier molecular flexibility index (Phi) is 3.88. The highest BCUT2D eigenvalue weighted by Gasteiger charge is 2.54. The molecule has 2 N–H and O–H groups in total. The van der Waals surface area contributed by atoms with Crippen molar-refractivity contribution in [2.24, 2.45) is 29.1 Å². The first-order valence-electron chi connectivity index (χ1n) is 10.2. The molecule has 5 aliphatic rings. The van der Waals surface area contributed by atoms with E-state index < -0.39 is 0 Å². The third-order valence-electron chi connectivity index (χ3n) is 7.37. The molecule has 1 atom stereocenters. The number of H-pyrrole nitrogens is 1. The zero-order valence-electron chi connectivity index (χ0n) is 15.0. The van der Waals surface area contributed by atoms with E-state index in [2.05, 4.69) is 20.2 Å². The van der Waals surface area contributed by atoms with Crippen molar-refractivity contribution in [2.45, 2.75) is 51.5 Å². The van der Waals surface area contributed by atoms with Crippen molar-refractivity contribution in [1.82, 2.24) is 20.2 Å². The average Bonchev–Trinajstić information content (AvgIpc) is 3.24. The lowest BCUT2D eigenvalue weighted by Crippen LogP contribution is -2.54. The molecule has 5 fully saturated rings. The van der Waals surface area contributed by atoms with Gasteiger partial charge in [0, 0.05) is 30.9 Å². The Labute approximate surface area is 150 Å². The van der Waals surface area contributed by atoms with Crippen molar-refractivity contribution >= 4 is 5.91 Å². The molecule has 6 rings (SSSR count). The molecule has 1 aliphatic heterocycles. The lowest BCUT2D eigenvalue weighted by atomic mass is 9.49. The number of amides is 1. The molecule has 5 nitrogen and oxygen atoms in total. The second kappa shape index (κ2) is 6.11. The molecule has 25 heavy (non-hydrogen) atoms. The minimum atomic E-state index is 0.00120. The van der Waals surface area contributed by atoms with Crippen LogP contribution in [0.2, 0.25) is 0 Å². The first kappa shape index (κ1) is 15.9. The predicted octanol–water partition coefficient (Wildman–Crippen LogP) is 2.56. The van der Waals surface area contributed by atoms with E-state index in [4.69, 9.17) is 0 Å². The average molecular weight is 342 g/mol. The largest absolute Gasteiger partial charge is 0.355 e. The highest BCUT2D eigenvalue weighted by molar-refractivity contribution is 5.83. The number of carbonyl (C=O) groups excluding carboxylic acids is 1. The first-order valence-corrected chi connectivity index (χ1v) is 10.2. The van der Waals surface area contributed by atoms with Crippen LogP contribution in [-0.2, 0) is 11.3 Å². The van der Waals surface area contributed by atoms with Crippen LogP contribution in [0.25, 0.3) is 0 Å². The lowest BCUT2D eigenvalue weighted by molar-refractivity contribution is -0.146. The lowest BCUT2D eigenvalue weighted by Gasteiger charge is -2.55. The molecule has 1 saturated heterocycles. The maximum atomic E-state index is 13.1. The van der Waals surface area contributed by atoms with Gasteiger partial charge in [-0.15, -0.1) is 0 Å². The minimum Gasteiger partial charge on any atom is -0.355 e. The molecule has 1 amide bonds. The topological polar surface area (TPSA) is 61.0 Å². The van der Waals surface area contributed by atoms with E-state index in [0.717, 1.165) is 49.8 Å². The van der Waals surface area contributed by atoms with Gasteiger partial charge < -0.3 is 10.3 Å². The number of nitrogens with one attached hydrogen (secondary N) is 2. The zero-order valence-corrected chi connectivity index (χ0v) is 15.0. The summed E-state index contributed by atoms with van der Waals surface area (Å²) in [5.41, 5.74) is 0.00120. The maximum Gasteiger partial charge on any atom is 0.226 e. The van der Waals surface area contributed by atoms with Gasteiger partial charge in [-0.3, -0.25) is 9.69 Å². The van der Waals surface area contributed by atoms with E-state index in [1.165, 1.54) is 44.9 Å². The minimum absolute atomic E-state index is 0.00120. The van der Waals surface area contributed by atoms with Crippen LogP contribution in [0, 0.1) is 29.1 Å². The molecule has 1 aromatic rings. The monoisotopic (exact) mass is 342 g/mol. The van der Waals surface area contributed by atoms with Gasteiger partial charge in [0.15, 0.2) is 0 Å². The molecule has 0 radical (unpaired) electrons. The molecule has 0 spiro atoms. The Morgan fingerprint density at radius 1 is 1.24 bits per heavy atom. The van der Waals surface area contributed by atoms with Crippen molar-refractivity contribution in [3.8, 4) is 0 Å². The Balaban J connectivity index is 1.14. The van der Waals surface area contributed by atoms with E-state index in [9.17, 15) is 4.79 Å². The van der Waals surface area contributed by atoms with Crippen LogP contribution in [0.1, 0.15) is 50.8 Å². The summed E-state index contributed by atoms with van der Waals surface area (Å²) in [6, 6.07) is 0. The molecule has 5 heteroatoms. The molecule has 0 aromatic carbocycles. The van der Waals surface area contributed by atoms with Gasteiger partial charge in [0.05, 0.1) is 6.54 Å². The highest BCUT2D eigenvalue weighted by Crippen LogP contribution is 2.60. The zero-order chi connectivity index (χ0) is 16.9. The molecular weight excluding hydrogens is 312 g/mol. The summed E-state index contributed by atoms with van der Waals surface area (Å²) in [5, 5.41) is 3.37. The fourth-order valence-corrected chi connectivity index (χ4v) is 6.63. The van der Waals surface area contributed by atoms with Gasteiger partial charge in [-0.25, -0.2) is 4.98 Å². The number of aromatic nitrogens is 2. The summed E-state index contributed by atoms with van der Waals surface area (Å²) in [6.45, 7) is 3.93. The van der Waals surface area contributed by atoms with Gasteiger partial charge >= 0.3 is 0 Å². The van der Waals surface area contributed by atoms with E-state index in [1.807, 2.05) is 12.4 Å². The van der Waals surface area contributed by atoms with Crippen LogP contribution in [0.5, 0.6) is 0 Å². The van der Waals surface area contributed by atoms with Gasteiger partial charge in [-0.1, -0.05) is 0 Å². The van der Waals surface area contributed by atoms with Crippen molar-refractivity contribution in [3.05, 3.63) is 18.2 Å². The molecule has 136 valence electrons. The Morgan fingerprint density at radius 2 is 1.96 bits per heavy atom. The molecule has 4 saturated carbocycles. The summed E-state index contributed by atoms with van der Waals surface area (Å²) in [6.07, 6.45) is 12.6. The third-order valence-corrected chi connectivity index (χ3v) is 7.37. The van der Waals surface area contributed by atoms with E-state index in [0.29, 0.717) is 11.8 Å². The molecule has 4 bridgehead atoms. The summed E-state index contributed by atoms with van der Waals surface area (Å²) in [4.78, 5) is 23.0. The molecule has 2 heterocycles. The van der Waals surface area contributed by atoms with Crippen LogP contribution in [-0.4, -0.2) is 40.4 Å². The smallest absolute Gasteiger partial charge is 0.226 e. The number of imidazole rings is 1. The second-order valence-electron chi connectivity index (χ2n) is 9.33. The van der Waals surface area contributed by atoms with Crippen molar-refractivity contribution < 1.29 is 4.79 Å². The van der Waals surface area contributed by atoms with Crippen LogP contribution >= 0.6 is 0 Å². The van der Waals surface area contributed by atoms with Crippen molar-refractivity contribution in [2.75, 3.05) is 19.6 Å². The van der Waals surface area contributed by atoms with Gasteiger partial charge in [0.2, 0.25) is 5.91 Å².